The second-order valence-corrected chi connectivity index (χ2v) is 5.16. The lowest BCUT2D eigenvalue weighted by molar-refractivity contribution is 0.230. The van der Waals surface area contributed by atoms with E-state index in [1.165, 1.54) is 0 Å². The maximum atomic E-state index is 11.8. The van der Waals surface area contributed by atoms with Gasteiger partial charge in [-0.3, -0.25) is 0 Å². The summed E-state index contributed by atoms with van der Waals surface area (Å²) in [7, 11) is 3.70. The van der Waals surface area contributed by atoms with Crippen molar-refractivity contribution in [2.45, 2.75) is 32.9 Å². The van der Waals surface area contributed by atoms with E-state index in [4.69, 9.17) is 4.74 Å². The van der Waals surface area contributed by atoms with Crippen molar-refractivity contribution in [1.82, 2.24) is 15.5 Å². The highest BCUT2D eigenvalue weighted by molar-refractivity contribution is 5.73. The van der Waals surface area contributed by atoms with Crippen LogP contribution in [0.5, 0.6) is 5.75 Å². The quantitative estimate of drug-likeness (QED) is 0.773. The zero-order valence-corrected chi connectivity index (χ0v) is 13.5. The number of nitrogens with zero attached hydrogens (tertiary/aromatic N) is 1. The molecule has 0 bridgehead atoms. The predicted molar refractivity (Wildman–Crippen MR) is 85.6 cm³/mol. The van der Waals surface area contributed by atoms with Crippen molar-refractivity contribution in [2.24, 2.45) is 0 Å². The zero-order chi connectivity index (χ0) is 15.7. The van der Waals surface area contributed by atoms with Crippen molar-refractivity contribution in [2.75, 3.05) is 27.2 Å². The number of carbonyl (C=O) groups excluding carboxylic acids is 1. The molecular weight excluding hydrogens is 266 g/mol. The molecule has 118 valence electrons. The number of methoxy groups -OCH3 is 1. The normalized spacial score (nSPS) is 12.0. The maximum absolute atomic E-state index is 11.8. The van der Waals surface area contributed by atoms with E-state index in [2.05, 4.69) is 36.4 Å². The minimum atomic E-state index is -0.154. The summed E-state index contributed by atoms with van der Waals surface area (Å²) in [5.74, 6) is 0.786. The first-order valence-corrected chi connectivity index (χ1v) is 7.42. The highest BCUT2D eigenvalue weighted by Gasteiger charge is 2.07. The van der Waals surface area contributed by atoms with E-state index in [9.17, 15) is 4.79 Å². The van der Waals surface area contributed by atoms with Crippen LogP contribution >= 0.6 is 0 Å². The Kier molecular flexibility index (Phi) is 7.61. The molecule has 1 rings (SSSR count). The van der Waals surface area contributed by atoms with Gasteiger partial charge in [-0.15, -0.1) is 0 Å². The summed E-state index contributed by atoms with van der Waals surface area (Å²) in [6.07, 6.45) is 1.11. The molecule has 5 heteroatoms. The van der Waals surface area contributed by atoms with Crippen LogP contribution in [0.15, 0.2) is 24.3 Å². The summed E-state index contributed by atoms with van der Waals surface area (Å²) in [6.45, 7) is 6.28. The van der Waals surface area contributed by atoms with Crippen LogP contribution in [0.2, 0.25) is 0 Å². The molecule has 0 aromatic heterocycles. The van der Waals surface area contributed by atoms with E-state index in [-0.39, 0.29) is 6.03 Å². The Balaban J connectivity index is 2.28. The summed E-state index contributed by atoms with van der Waals surface area (Å²) in [6, 6.07) is 8.04. The first-order valence-electron chi connectivity index (χ1n) is 7.42. The number of nitrogens with one attached hydrogen (secondary N) is 2. The monoisotopic (exact) mass is 293 g/mol. The van der Waals surface area contributed by atoms with Gasteiger partial charge < -0.3 is 20.3 Å². The summed E-state index contributed by atoms with van der Waals surface area (Å²) < 4.78 is 5.25. The number of rotatable bonds is 8. The van der Waals surface area contributed by atoms with Gasteiger partial charge >= 0.3 is 6.03 Å². The third-order valence-electron chi connectivity index (χ3n) is 3.73. The van der Waals surface area contributed by atoms with Gasteiger partial charge in [0.05, 0.1) is 7.11 Å². The molecule has 0 radical (unpaired) electrons. The largest absolute Gasteiger partial charge is 0.496 e. The van der Waals surface area contributed by atoms with Crippen LogP contribution in [-0.2, 0) is 6.54 Å². The molecule has 1 atom stereocenters. The lowest BCUT2D eigenvalue weighted by Crippen LogP contribution is -2.41. The molecule has 0 unspecified atom stereocenters. The average molecular weight is 293 g/mol. The average Bonchev–Trinajstić information content (AvgIpc) is 2.52. The molecule has 0 aliphatic carbocycles. The van der Waals surface area contributed by atoms with E-state index in [1.807, 2.05) is 24.3 Å². The van der Waals surface area contributed by atoms with Crippen LogP contribution in [0, 0.1) is 0 Å². The Bertz CT molecular complexity index is 437. The Labute approximate surface area is 127 Å². The van der Waals surface area contributed by atoms with Gasteiger partial charge in [0.25, 0.3) is 0 Å². The summed E-state index contributed by atoms with van der Waals surface area (Å²) in [4.78, 5) is 14.0. The minimum absolute atomic E-state index is 0.154. The second-order valence-electron chi connectivity index (χ2n) is 5.16. The minimum Gasteiger partial charge on any atom is -0.496 e. The first kappa shape index (κ1) is 17.3. The van der Waals surface area contributed by atoms with Crippen LogP contribution in [-0.4, -0.2) is 44.2 Å². The molecule has 1 aromatic rings. The number of ether oxygens (including phenoxy) is 1. The molecule has 2 N–H and O–H groups in total. The molecule has 1 aromatic carbocycles. The smallest absolute Gasteiger partial charge is 0.315 e. The van der Waals surface area contributed by atoms with Gasteiger partial charge in [-0.1, -0.05) is 25.1 Å². The van der Waals surface area contributed by atoms with Crippen LogP contribution in [0.4, 0.5) is 4.79 Å². The van der Waals surface area contributed by atoms with Crippen molar-refractivity contribution in [3.05, 3.63) is 29.8 Å². The predicted octanol–water partition coefficient (Wildman–Crippen LogP) is 2.22. The molecule has 0 aliphatic rings. The first-order chi connectivity index (χ1) is 10.1. The van der Waals surface area contributed by atoms with E-state index < -0.39 is 0 Å². The van der Waals surface area contributed by atoms with Crippen molar-refractivity contribution in [3.63, 3.8) is 0 Å². The molecule has 0 spiro atoms. The standard InChI is InChI=1S/C16H27N3O2/c1-5-13(2)19(3)11-10-17-16(20)18-12-14-8-6-7-9-15(14)21-4/h6-9,13H,5,10-12H2,1-4H3,(H2,17,18,20)/t13-/m1/s1. The van der Waals surface area contributed by atoms with E-state index in [1.54, 1.807) is 7.11 Å². The van der Waals surface area contributed by atoms with E-state index in [0.29, 0.717) is 19.1 Å². The number of carbonyl (C=O) groups is 1. The molecule has 2 amide bonds. The van der Waals surface area contributed by atoms with E-state index >= 15 is 0 Å². The van der Waals surface area contributed by atoms with Crippen LogP contribution in [0.25, 0.3) is 0 Å². The van der Waals surface area contributed by atoms with E-state index in [0.717, 1.165) is 24.3 Å². The molecule has 0 fully saturated rings. The Morgan fingerprint density at radius 2 is 2.05 bits per heavy atom. The molecule has 0 aliphatic heterocycles. The van der Waals surface area contributed by atoms with Gasteiger partial charge in [-0.2, -0.15) is 0 Å². The third-order valence-corrected chi connectivity index (χ3v) is 3.73. The number of urea groups is 1. The summed E-state index contributed by atoms with van der Waals surface area (Å²) >= 11 is 0. The number of benzene rings is 1. The topological polar surface area (TPSA) is 53.6 Å². The van der Waals surface area contributed by atoms with Gasteiger partial charge in [0, 0.05) is 31.2 Å². The van der Waals surface area contributed by atoms with Crippen molar-refractivity contribution in [1.29, 1.82) is 0 Å². The van der Waals surface area contributed by atoms with Gasteiger partial charge in [-0.05, 0) is 26.5 Å². The Morgan fingerprint density at radius 3 is 2.71 bits per heavy atom. The Morgan fingerprint density at radius 1 is 1.33 bits per heavy atom. The van der Waals surface area contributed by atoms with Crippen LogP contribution in [0.3, 0.4) is 0 Å². The summed E-state index contributed by atoms with van der Waals surface area (Å²) in [5, 5.41) is 5.71. The molecule has 5 nitrogen and oxygen atoms in total. The van der Waals surface area contributed by atoms with Gasteiger partial charge in [0.1, 0.15) is 5.75 Å². The summed E-state index contributed by atoms with van der Waals surface area (Å²) in [5.41, 5.74) is 0.965. The van der Waals surface area contributed by atoms with Gasteiger partial charge in [0.2, 0.25) is 0 Å². The molecule has 0 heterocycles. The third kappa shape index (κ3) is 6.04. The maximum Gasteiger partial charge on any atom is 0.315 e. The highest BCUT2D eigenvalue weighted by atomic mass is 16.5. The zero-order valence-electron chi connectivity index (χ0n) is 13.5. The molecular formula is C16H27N3O2. The molecule has 0 saturated carbocycles. The van der Waals surface area contributed by atoms with Crippen LogP contribution < -0.4 is 15.4 Å². The number of para-hydroxylation sites is 1. The number of amides is 2. The second kappa shape index (κ2) is 9.23. The van der Waals surface area contributed by atoms with Crippen molar-refractivity contribution < 1.29 is 9.53 Å². The van der Waals surface area contributed by atoms with Crippen molar-refractivity contribution in [3.8, 4) is 5.75 Å². The molecule has 0 saturated heterocycles. The van der Waals surface area contributed by atoms with Crippen molar-refractivity contribution >= 4 is 6.03 Å². The number of likely N-dealkylation sites (N-methyl/N-ethyl adjacent to an activating group) is 1. The molecule has 21 heavy (non-hydrogen) atoms. The SMILES string of the molecule is CC[C@@H](C)N(C)CCNC(=O)NCc1ccccc1OC. The lowest BCUT2D eigenvalue weighted by Gasteiger charge is -2.23. The van der Waals surface area contributed by atoms with Gasteiger partial charge in [-0.25, -0.2) is 4.79 Å². The lowest BCUT2D eigenvalue weighted by atomic mass is 10.2. The highest BCUT2D eigenvalue weighted by Crippen LogP contribution is 2.16. The number of hydrogen-bond acceptors (Lipinski definition) is 3. The van der Waals surface area contributed by atoms with Gasteiger partial charge in [0.15, 0.2) is 0 Å². The number of hydrogen-bond donors (Lipinski definition) is 2. The van der Waals surface area contributed by atoms with Crippen LogP contribution in [0.1, 0.15) is 25.8 Å². The fraction of sp³-hybridized carbons (Fsp3) is 0.562. The fourth-order valence-electron chi connectivity index (χ4n) is 1.96. The fourth-order valence-corrected chi connectivity index (χ4v) is 1.96. The Hall–Kier alpha value is -1.75.